The van der Waals surface area contributed by atoms with E-state index in [9.17, 15) is 4.79 Å². The number of rotatable bonds is 3. The van der Waals surface area contributed by atoms with E-state index < -0.39 is 0 Å². The first-order valence-electron chi connectivity index (χ1n) is 5.75. The van der Waals surface area contributed by atoms with Crippen molar-refractivity contribution in [2.75, 3.05) is 5.32 Å². The van der Waals surface area contributed by atoms with Gasteiger partial charge in [-0.2, -0.15) is 0 Å². The van der Waals surface area contributed by atoms with Crippen LogP contribution in [0, 0.1) is 0 Å². The number of carbonyl (C=O) groups is 1. The fourth-order valence-electron chi connectivity index (χ4n) is 1.65. The van der Waals surface area contributed by atoms with Crippen molar-refractivity contribution in [2.45, 2.75) is 0 Å². The van der Waals surface area contributed by atoms with Crippen molar-refractivity contribution in [3.8, 4) is 0 Å². The van der Waals surface area contributed by atoms with Crippen LogP contribution in [-0.2, 0) is 0 Å². The molecule has 6 heteroatoms. The minimum absolute atomic E-state index is 0.0397. The van der Waals surface area contributed by atoms with Crippen LogP contribution in [0.25, 0.3) is 0 Å². The van der Waals surface area contributed by atoms with Gasteiger partial charge in [0.25, 0.3) is 5.91 Å². The number of nitrogens with one attached hydrogen (secondary N) is 1. The average Bonchev–Trinajstić information content (AvgIpc) is 2.46. The summed E-state index contributed by atoms with van der Waals surface area (Å²) in [5.41, 5.74) is 7.08. The van der Waals surface area contributed by atoms with Crippen LogP contribution < -0.4 is 11.1 Å². The van der Waals surface area contributed by atoms with Gasteiger partial charge in [-0.1, -0.05) is 39.3 Å². The zero-order valence-corrected chi connectivity index (χ0v) is 12.0. The molecule has 4 N–H and O–H groups in total. The highest BCUT2D eigenvalue weighted by molar-refractivity contribution is 9.10. The Morgan fingerprint density at radius 2 is 1.85 bits per heavy atom. The molecule has 0 saturated carbocycles. The quantitative estimate of drug-likeness (QED) is 0.349. The lowest BCUT2D eigenvalue weighted by Gasteiger charge is -2.07. The number of oxime groups is 1. The van der Waals surface area contributed by atoms with E-state index in [-0.39, 0.29) is 11.7 Å². The third kappa shape index (κ3) is 3.36. The fraction of sp³-hybridized carbons (Fsp3) is 0. The second-order valence-corrected chi connectivity index (χ2v) is 4.95. The van der Waals surface area contributed by atoms with Gasteiger partial charge in [-0.3, -0.25) is 4.79 Å². The van der Waals surface area contributed by atoms with Crippen molar-refractivity contribution in [3.63, 3.8) is 0 Å². The van der Waals surface area contributed by atoms with Gasteiger partial charge < -0.3 is 16.3 Å². The molecule has 0 aliphatic carbocycles. The Morgan fingerprint density at radius 3 is 2.55 bits per heavy atom. The van der Waals surface area contributed by atoms with Gasteiger partial charge in [0.15, 0.2) is 5.84 Å². The van der Waals surface area contributed by atoms with Gasteiger partial charge in [-0.25, -0.2) is 0 Å². The molecular formula is C14H12BrN3O2. The van der Waals surface area contributed by atoms with Crippen molar-refractivity contribution in [3.05, 3.63) is 64.1 Å². The van der Waals surface area contributed by atoms with E-state index in [1.807, 2.05) is 12.1 Å². The maximum atomic E-state index is 12.1. The standard InChI is InChI=1S/C14H12BrN3O2/c15-11-5-2-6-12(8-11)17-14(19)10-4-1-3-9(7-10)13(16)18-20/h1-8,20H,(H2,16,18)(H,17,19). The molecule has 0 radical (unpaired) electrons. The first-order valence-corrected chi connectivity index (χ1v) is 6.54. The molecule has 102 valence electrons. The molecule has 0 spiro atoms. The van der Waals surface area contributed by atoms with E-state index in [1.54, 1.807) is 36.4 Å². The van der Waals surface area contributed by atoms with E-state index >= 15 is 0 Å². The van der Waals surface area contributed by atoms with Gasteiger partial charge >= 0.3 is 0 Å². The van der Waals surface area contributed by atoms with Crippen molar-refractivity contribution in [2.24, 2.45) is 10.9 Å². The van der Waals surface area contributed by atoms with Crippen LogP contribution in [0.2, 0.25) is 0 Å². The topological polar surface area (TPSA) is 87.7 Å². The number of halogens is 1. The molecule has 2 aromatic rings. The summed E-state index contributed by atoms with van der Waals surface area (Å²) in [6.07, 6.45) is 0. The maximum absolute atomic E-state index is 12.1. The Balaban J connectivity index is 2.21. The molecule has 0 atom stereocenters. The Bertz CT molecular complexity index is 671. The average molecular weight is 334 g/mol. The highest BCUT2D eigenvalue weighted by Gasteiger charge is 2.08. The molecular weight excluding hydrogens is 322 g/mol. The Morgan fingerprint density at radius 1 is 1.15 bits per heavy atom. The predicted octanol–water partition coefficient (Wildman–Crippen LogP) is 2.80. The number of anilines is 1. The molecule has 0 fully saturated rings. The number of nitrogens with zero attached hydrogens (tertiary/aromatic N) is 1. The Kier molecular flexibility index (Phi) is 4.37. The molecule has 1 amide bonds. The number of benzene rings is 2. The first kappa shape index (κ1) is 14.1. The number of carbonyl (C=O) groups excluding carboxylic acids is 1. The number of amidine groups is 1. The summed E-state index contributed by atoms with van der Waals surface area (Å²) < 4.78 is 0.876. The van der Waals surface area contributed by atoms with Crippen molar-refractivity contribution in [1.29, 1.82) is 0 Å². The molecule has 5 nitrogen and oxygen atoms in total. The normalized spacial score (nSPS) is 11.2. The van der Waals surface area contributed by atoms with Crippen LogP contribution in [0.1, 0.15) is 15.9 Å². The summed E-state index contributed by atoms with van der Waals surface area (Å²) in [5, 5.41) is 14.3. The van der Waals surface area contributed by atoms with E-state index in [4.69, 9.17) is 10.9 Å². The smallest absolute Gasteiger partial charge is 0.255 e. The van der Waals surface area contributed by atoms with Crippen LogP contribution in [0.3, 0.4) is 0 Å². The van der Waals surface area contributed by atoms with Crippen LogP contribution >= 0.6 is 15.9 Å². The minimum atomic E-state index is -0.268. The molecule has 20 heavy (non-hydrogen) atoms. The van der Waals surface area contributed by atoms with Gasteiger partial charge in [-0.05, 0) is 30.3 Å². The third-order valence-corrected chi connectivity index (χ3v) is 3.10. The van der Waals surface area contributed by atoms with Crippen LogP contribution in [-0.4, -0.2) is 17.0 Å². The van der Waals surface area contributed by atoms with Crippen molar-refractivity contribution < 1.29 is 10.0 Å². The highest BCUT2D eigenvalue weighted by atomic mass is 79.9. The molecule has 0 aliphatic rings. The third-order valence-electron chi connectivity index (χ3n) is 2.61. The zero-order valence-electron chi connectivity index (χ0n) is 10.4. The Hall–Kier alpha value is -2.34. The molecule has 0 unspecified atom stereocenters. The number of nitrogens with two attached hydrogens (primary N) is 1. The molecule has 0 saturated heterocycles. The van der Waals surface area contributed by atoms with E-state index in [0.717, 1.165) is 4.47 Å². The molecule has 0 aliphatic heterocycles. The SMILES string of the molecule is N/C(=N\O)c1cccc(C(=O)Nc2cccc(Br)c2)c1. The monoisotopic (exact) mass is 333 g/mol. The van der Waals surface area contributed by atoms with Crippen LogP contribution in [0.5, 0.6) is 0 Å². The minimum Gasteiger partial charge on any atom is -0.409 e. The van der Waals surface area contributed by atoms with Crippen LogP contribution in [0.15, 0.2) is 58.2 Å². The lowest BCUT2D eigenvalue weighted by molar-refractivity contribution is 0.102. The van der Waals surface area contributed by atoms with Gasteiger partial charge in [0, 0.05) is 21.3 Å². The number of hydrogen-bond donors (Lipinski definition) is 3. The fourth-order valence-corrected chi connectivity index (χ4v) is 2.05. The summed E-state index contributed by atoms with van der Waals surface area (Å²) in [5.74, 6) is -0.308. The van der Waals surface area contributed by atoms with Crippen molar-refractivity contribution >= 4 is 33.4 Å². The van der Waals surface area contributed by atoms with Gasteiger partial charge in [0.2, 0.25) is 0 Å². The summed E-state index contributed by atoms with van der Waals surface area (Å²) in [6.45, 7) is 0. The van der Waals surface area contributed by atoms with Gasteiger partial charge in [-0.15, -0.1) is 0 Å². The Labute approximate surface area is 124 Å². The number of amides is 1. The van der Waals surface area contributed by atoms with E-state index in [2.05, 4.69) is 26.4 Å². The highest BCUT2D eigenvalue weighted by Crippen LogP contribution is 2.16. The van der Waals surface area contributed by atoms with Gasteiger partial charge in [0.05, 0.1) is 0 Å². The number of hydrogen-bond acceptors (Lipinski definition) is 3. The second kappa shape index (κ2) is 6.21. The lowest BCUT2D eigenvalue weighted by Crippen LogP contribution is -2.16. The lowest BCUT2D eigenvalue weighted by atomic mass is 10.1. The first-order chi connectivity index (χ1) is 9.60. The molecule has 0 aromatic heterocycles. The predicted molar refractivity (Wildman–Crippen MR) is 81.0 cm³/mol. The van der Waals surface area contributed by atoms with Gasteiger partial charge in [0.1, 0.15) is 0 Å². The molecule has 0 heterocycles. The zero-order chi connectivity index (χ0) is 14.5. The maximum Gasteiger partial charge on any atom is 0.255 e. The van der Waals surface area contributed by atoms with Crippen LogP contribution in [0.4, 0.5) is 5.69 Å². The largest absolute Gasteiger partial charge is 0.409 e. The summed E-state index contributed by atoms with van der Waals surface area (Å²) in [7, 11) is 0. The van der Waals surface area contributed by atoms with E-state index in [1.165, 1.54) is 0 Å². The van der Waals surface area contributed by atoms with E-state index in [0.29, 0.717) is 16.8 Å². The summed E-state index contributed by atoms with van der Waals surface area (Å²) in [4.78, 5) is 12.1. The molecule has 2 aromatic carbocycles. The second-order valence-electron chi connectivity index (χ2n) is 4.03. The summed E-state index contributed by atoms with van der Waals surface area (Å²) >= 11 is 3.34. The molecule has 0 bridgehead atoms. The summed E-state index contributed by atoms with van der Waals surface area (Å²) in [6, 6.07) is 13.8. The van der Waals surface area contributed by atoms with Crippen molar-refractivity contribution in [1.82, 2.24) is 0 Å². The molecule has 2 rings (SSSR count).